The van der Waals surface area contributed by atoms with Gasteiger partial charge in [-0.25, -0.2) is 8.42 Å². The van der Waals surface area contributed by atoms with Gasteiger partial charge in [0.25, 0.3) is 10.0 Å². The SMILES string of the molecule is O=S(=O)(Nc1ccc2c(c1)CCCN2)c1cc(Cl)c(Br)s1. The molecule has 1 aromatic heterocycles. The summed E-state index contributed by atoms with van der Waals surface area (Å²) in [4.78, 5) is 0. The number of aryl methyl sites for hydroxylation is 1. The van der Waals surface area contributed by atoms with Crippen LogP contribution in [0.25, 0.3) is 0 Å². The predicted octanol–water partition coefficient (Wildman–Crippen LogP) is 4.32. The molecule has 0 fully saturated rings. The van der Waals surface area contributed by atoms with Gasteiger partial charge < -0.3 is 5.32 Å². The van der Waals surface area contributed by atoms with Crippen molar-refractivity contribution in [3.8, 4) is 0 Å². The van der Waals surface area contributed by atoms with Crippen LogP contribution in [0.3, 0.4) is 0 Å². The van der Waals surface area contributed by atoms with Gasteiger partial charge in [-0.15, -0.1) is 11.3 Å². The van der Waals surface area contributed by atoms with E-state index in [9.17, 15) is 8.42 Å². The van der Waals surface area contributed by atoms with Crippen LogP contribution in [0.4, 0.5) is 11.4 Å². The number of benzene rings is 1. The van der Waals surface area contributed by atoms with Crippen LogP contribution in [-0.2, 0) is 16.4 Å². The maximum absolute atomic E-state index is 12.3. The van der Waals surface area contributed by atoms with E-state index in [0.29, 0.717) is 14.5 Å². The van der Waals surface area contributed by atoms with E-state index in [1.165, 1.54) is 6.07 Å². The summed E-state index contributed by atoms with van der Waals surface area (Å²) in [5, 5.41) is 3.69. The molecule has 8 heteroatoms. The summed E-state index contributed by atoms with van der Waals surface area (Å²) in [5.41, 5.74) is 2.77. The fourth-order valence-electron chi connectivity index (χ4n) is 2.20. The highest BCUT2D eigenvalue weighted by molar-refractivity contribution is 9.11. The first-order valence-corrected chi connectivity index (χ1v) is 9.77. The van der Waals surface area contributed by atoms with Crippen molar-refractivity contribution in [3.05, 3.63) is 38.6 Å². The Kier molecular flexibility index (Phi) is 4.18. The van der Waals surface area contributed by atoms with E-state index >= 15 is 0 Å². The maximum Gasteiger partial charge on any atom is 0.271 e. The monoisotopic (exact) mass is 406 g/mol. The molecular weight excluding hydrogens is 396 g/mol. The second-order valence-corrected chi connectivity index (χ2v) is 9.38. The highest BCUT2D eigenvalue weighted by Crippen LogP contribution is 2.35. The molecule has 1 aliphatic rings. The van der Waals surface area contributed by atoms with Crippen molar-refractivity contribution in [2.24, 2.45) is 0 Å². The Bertz CT molecular complexity index is 770. The summed E-state index contributed by atoms with van der Waals surface area (Å²) in [6, 6.07) is 6.99. The van der Waals surface area contributed by atoms with Crippen LogP contribution in [0.15, 0.2) is 32.3 Å². The molecule has 0 spiro atoms. The van der Waals surface area contributed by atoms with Crippen molar-refractivity contribution in [1.82, 2.24) is 0 Å². The van der Waals surface area contributed by atoms with Crippen LogP contribution in [-0.4, -0.2) is 15.0 Å². The molecule has 2 heterocycles. The standard InChI is InChI=1S/C13H12BrClN2O2S2/c14-13-10(15)7-12(20-13)21(18,19)17-9-3-4-11-8(6-9)2-1-5-16-11/h3-4,6-7,16-17H,1-2,5H2. The van der Waals surface area contributed by atoms with Gasteiger partial charge in [0.1, 0.15) is 4.21 Å². The Balaban J connectivity index is 1.88. The minimum Gasteiger partial charge on any atom is -0.385 e. The van der Waals surface area contributed by atoms with E-state index in [0.717, 1.165) is 42.0 Å². The topological polar surface area (TPSA) is 58.2 Å². The lowest BCUT2D eigenvalue weighted by atomic mass is 10.0. The second-order valence-electron chi connectivity index (χ2n) is 4.69. The first-order valence-electron chi connectivity index (χ1n) is 6.30. The van der Waals surface area contributed by atoms with Crippen molar-refractivity contribution >= 4 is 60.3 Å². The molecule has 0 amide bonds. The fraction of sp³-hybridized carbons (Fsp3) is 0.231. The Morgan fingerprint density at radius 3 is 2.86 bits per heavy atom. The number of anilines is 2. The summed E-state index contributed by atoms with van der Waals surface area (Å²) in [6.45, 7) is 0.958. The average Bonchev–Trinajstić information content (AvgIpc) is 2.79. The molecule has 0 unspecified atom stereocenters. The van der Waals surface area contributed by atoms with Crippen molar-refractivity contribution in [1.29, 1.82) is 0 Å². The number of thiophene rings is 1. The summed E-state index contributed by atoms with van der Waals surface area (Å²) >= 11 is 10.2. The molecular formula is C13H12BrClN2O2S2. The summed E-state index contributed by atoms with van der Waals surface area (Å²) < 4.78 is 28.1. The number of sulfonamides is 1. The fourth-order valence-corrected chi connectivity index (χ4v) is 5.65. The van der Waals surface area contributed by atoms with E-state index in [2.05, 4.69) is 26.0 Å². The molecule has 0 saturated carbocycles. The van der Waals surface area contributed by atoms with Crippen LogP contribution >= 0.6 is 38.9 Å². The first-order chi connectivity index (χ1) is 9.95. The van der Waals surface area contributed by atoms with Crippen molar-refractivity contribution in [2.75, 3.05) is 16.6 Å². The van der Waals surface area contributed by atoms with Gasteiger partial charge in [0.05, 0.1) is 8.81 Å². The van der Waals surface area contributed by atoms with E-state index in [1.807, 2.05) is 12.1 Å². The van der Waals surface area contributed by atoms with Gasteiger partial charge in [-0.1, -0.05) is 11.6 Å². The van der Waals surface area contributed by atoms with Gasteiger partial charge in [-0.05, 0) is 58.6 Å². The first kappa shape index (κ1) is 15.1. The van der Waals surface area contributed by atoms with Gasteiger partial charge in [-0.3, -0.25) is 4.72 Å². The summed E-state index contributed by atoms with van der Waals surface area (Å²) in [5.74, 6) is 0. The zero-order valence-corrected chi connectivity index (χ0v) is 14.8. The molecule has 0 saturated heterocycles. The van der Waals surface area contributed by atoms with E-state index in [4.69, 9.17) is 11.6 Å². The number of halogens is 2. The lowest BCUT2D eigenvalue weighted by molar-refractivity contribution is 0.603. The molecule has 1 aliphatic heterocycles. The van der Waals surface area contributed by atoms with Crippen molar-refractivity contribution in [3.63, 3.8) is 0 Å². The quantitative estimate of drug-likeness (QED) is 0.796. The molecule has 2 N–H and O–H groups in total. The highest BCUT2D eigenvalue weighted by atomic mass is 79.9. The average molecular weight is 408 g/mol. The Hall–Kier alpha value is -0.760. The summed E-state index contributed by atoms with van der Waals surface area (Å²) in [6.07, 6.45) is 2.00. The van der Waals surface area contributed by atoms with Crippen molar-refractivity contribution in [2.45, 2.75) is 17.1 Å². The zero-order chi connectivity index (χ0) is 15.0. The molecule has 0 radical (unpaired) electrons. The minimum atomic E-state index is -3.61. The molecule has 21 heavy (non-hydrogen) atoms. The molecule has 4 nitrogen and oxygen atoms in total. The lowest BCUT2D eigenvalue weighted by Gasteiger charge is -2.18. The second kappa shape index (κ2) is 5.79. The van der Waals surface area contributed by atoms with Crippen LogP contribution < -0.4 is 10.0 Å². The third-order valence-electron chi connectivity index (χ3n) is 3.18. The Labute approximate surface area is 140 Å². The number of hydrogen-bond acceptors (Lipinski definition) is 4. The Morgan fingerprint density at radius 2 is 2.14 bits per heavy atom. The molecule has 2 aromatic rings. The van der Waals surface area contributed by atoms with Crippen molar-refractivity contribution < 1.29 is 8.42 Å². The van der Waals surface area contributed by atoms with Gasteiger partial charge in [0.2, 0.25) is 0 Å². The van der Waals surface area contributed by atoms with Crippen LogP contribution in [0.2, 0.25) is 5.02 Å². The largest absolute Gasteiger partial charge is 0.385 e. The smallest absolute Gasteiger partial charge is 0.271 e. The lowest BCUT2D eigenvalue weighted by Crippen LogP contribution is -2.14. The van der Waals surface area contributed by atoms with Gasteiger partial charge in [-0.2, -0.15) is 0 Å². The van der Waals surface area contributed by atoms with Gasteiger partial charge >= 0.3 is 0 Å². The molecule has 0 atom stereocenters. The predicted molar refractivity (Wildman–Crippen MR) is 91.1 cm³/mol. The number of fused-ring (bicyclic) bond motifs is 1. The summed E-state index contributed by atoms with van der Waals surface area (Å²) in [7, 11) is -3.61. The Morgan fingerprint density at radius 1 is 1.33 bits per heavy atom. The number of nitrogens with one attached hydrogen (secondary N) is 2. The maximum atomic E-state index is 12.3. The van der Waals surface area contributed by atoms with Gasteiger partial charge in [0, 0.05) is 17.9 Å². The third-order valence-corrected chi connectivity index (χ3v) is 7.51. The number of rotatable bonds is 3. The molecule has 0 bridgehead atoms. The highest BCUT2D eigenvalue weighted by Gasteiger charge is 2.20. The zero-order valence-electron chi connectivity index (χ0n) is 10.8. The number of hydrogen-bond donors (Lipinski definition) is 2. The minimum absolute atomic E-state index is 0.190. The molecule has 3 rings (SSSR count). The van der Waals surface area contributed by atoms with Crippen LogP contribution in [0.1, 0.15) is 12.0 Å². The van der Waals surface area contributed by atoms with E-state index in [1.54, 1.807) is 6.07 Å². The molecule has 112 valence electrons. The molecule has 1 aromatic carbocycles. The van der Waals surface area contributed by atoms with E-state index < -0.39 is 10.0 Å². The normalized spacial score (nSPS) is 14.4. The van der Waals surface area contributed by atoms with Crippen LogP contribution in [0, 0.1) is 0 Å². The van der Waals surface area contributed by atoms with Gasteiger partial charge in [0.15, 0.2) is 0 Å². The molecule has 0 aliphatic carbocycles. The van der Waals surface area contributed by atoms with Crippen LogP contribution in [0.5, 0.6) is 0 Å². The van der Waals surface area contributed by atoms with E-state index in [-0.39, 0.29) is 4.21 Å². The third kappa shape index (κ3) is 3.21.